The second kappa shape index (κ2) is 5.47. The average molecular weight is 259 g/mol. The highest BCUT2D eigenvalue weighted by Crippen LogP contribution is 2.32. The van der Waals surface area contributed by atoms with Crippen LogP contribution in [0.4, 0.5) is 5.69 Å². The molecular weight excluding hydrogens is 238 g/mol. The van der Waals surface area contributed by atoms with Gasteiger partial charge in [-0.3, -0.25) is 0 Å². The van der Waals surface area contributed by atoms with E-state index < -0.39 is 5.97 Å². The number of rotatable bonds is 3. The molecule has 0 aromatic heterocycles. The molecule has 1 fully saturated rings. The summed E-state index contributed by atoms with van der Waals surface area (Å²) in [5, 5.41) is 8.59. The molecule has 1 heterocycles. The molecule has 0 radical (unpaired) electrons. The number of carboxylic acids is 1. The molecule has 2 rings (SSSR count). The van der Waals surface area contributed by atoms with Crippen LogP contribution in [0.2, 0.25) is 0 Å². The van der Waals surface area contributed by atoms with E-state index in [0.29, 0.717) is 5.41 Å². The standard InChI is InChI=1S/C16H21NO2/c1-16(2)9-11-17(12-10-16)14-6-3-13(4-7-14)5-8-15(18)19/h3-8H,9-12H2,1-2H3,(H,18,19). The number of nitrogens with zero attached hydrogens (tertiary/aromatic N) is 1. The van der Waals surface area contributed by atoms with Gasteiger partial charge in [0.2, 0.25) is 0 Å². The molecular formula is C16H21NO2. The Kier molecular flexibility index (Phi) is 3.93. The maximum absolute atomic E-state index is 10.5. The van der Waals surface area contributed by atoms with E-state index in [1.54, 1.807) is 6.08 Å². The van der Waals surface area contributed by atoms with Gasteiger partial charge in [0.1, 0.15) is 0 Å². The lowest BCUT2D eigenvalue weighted by atomic mass is 9.82. The fraction of sp³-hybridized carbons (Fsp3) is 0.438. The van der Waals surface area contributed by atoms with E-state index in [0.717, 1.165) is 18.7 Å². The predicted octanol–water partition coefficient (Wildman–Crippen LogP) is 3.41. The van der Waals surface area contributed by atoms with Gasteiger partial charge in [-0.15, -0.1) is 0 Å². The zero-order valence-corrected chi connectivity index (χ0v) is 11.6. The fourth-order valence-corrected chi connectivity index (χ4v) is 2.33. The summed E-state index contributed by atoms with van der Waals surface area (Å²) in [7, 11) is 0. The Balaban J connectivity index is 2.01. The van der Waals surface area contributed by atoms with Crippen molar-refractivity contribution in [2.75, 3.05) is 18.0 Å². The zero-order valence-electron chi connectivity index (χ0n) is 11.6. The first-order valence-corrected chi connectivity index (χ1v) is 6.72. The number of aliphatic carboxylic acids is 1. The van der Waals surface area contributed by atoms with Crippen LogP contribution in [0.15, 0.2) is 30.3 Å². The van der Waals surface area contributed by atoms with Crippen molar-refractivity contribution in [1.29, 1.82) is 0 Å². The molecule has 0 aliphatic carbocycles. The number of hydrogen-bond donors (Lipinski definition) is 1. The van der Waals surface area contributed by atoms with E-state index in [1.165, 1.54) is 24.6 Å². The molecule has 3 nitrogen and oxygen atoms in total. The SMILES string of the molecule is CC1(C)CCN(c2ccc(C=CC(=O)O)cc2)CC1. The molecule has 0 saturated carbocycles. The summed E-state index contributed by atoms with van der Waals surface area (Å²) in [6.07, 6.45) is 5.21. The second-order valence-corrected chi connectivity index (χ2v) is 5.91. The third kappa shape index (κ3) is 3.85. The number of anilines is 1. The van der Waals surface area contributed by atoms with E-state index in [2.05, 4.69) is 30.9 Å². The highest BCUT2D eigenvalue weighted by Gasteiger charge is 2.25. The number of hydrogen-bond acceptors (Lipinski definition) is 2. The minimum atomic E-state index is -0.915. The molecule has 1 aliphatic rings. The lowest BCUT2D eigenvalue weighted by Gasteiger charge is -2.38. The number of carboxylic acid groups (broad SMARTS) is 1. The Morgan fingerprint density at radius 1 is 1.21 bits per heavy atom. The number of carbonyl (C=O) groups is 1. The van der Waals surface area contributed by atoms with Crippen LogP contribution in [0, 0.1) is 5.41 Å². The summed E-state index contributed by atoms with van der Waals surface area (Å²) >= 11 is 0. The van der Waals surface area contributed by atoms with Crippen molar-refractivity contribution in [2.24, 2.45) is 5.41 Å². The molecule has 3 heteroatoms. The van der Waals surface area contributed by atoms with Crippen molar-refractivity contribution in [2.45, 2.75) is 26.7 Å². The maximum Gasteiger partial charge on any atom is 0.328 e. The van der Waals surface area contributed by atoms with Crippen LogP contribution in [-0.2, 0) is 4.79 Å². The lowest BCUT2D eigenvalue weighted by Crippen LogP contribution is -2.37. The molecule has 102 valence electrons. The van der Waals surface area contributed by atoms with Gasteiger partial charge >= 0.3 is 5.97 Å². The van der Waals surface area contributed by atoms with E-state index in [1.807, 2.05) is 12.1 Å². The molecule has 0 bridgehead atoms. The fourth-order valence-electron chi connectivity index (χ4n) is 2.33. The molecule has 0 atom stereocenters. The van der Waals surface area contributed by atoms with Gasteiger partial charge in [-0.2, -0.15) is 0 Å². The van der Waals surface area contributed by atoms with Gasteiger partial charge in [0, 0.05) is 24.9 Å². The number of benzene rings is 1. The summed E-state index contributed by atoms with van der Waals surface area (Å²) in [6.45, 7) is 6.84. The first-order chi connectivity index (χ1) is 8.96. The molecule has 1 N–H and O–H groups in total. The van der Waals surface area contributed by atoms with Crippen LogP contribution in [0.5, 0.6) is 0 Å². The van der Waals surface area contributed by atoms with Crippen molar-refractivity contribution >= 4 is 17.7 Å². The Morgan fingerprint density at radius 3 is 2.32 bits per heavy atom. The minimum Gasteiger partial charge on any atom is -0.478 e. The number of piperidine rings is 1. The Bertz CT molecular complexity index is 464. The average Bonchev–Trinajstić information content (AvgIpc) is 2.37. The maximum atomic E-state index is 10.5. The molecule has 1 saturated heterocycles. The van der Waals surface area contributed by atoms with Crippen molar-refractivity contribution in [3.05, 3.63) is 35.9 Å². The summed E-state index contributed by atoms with van der Waals surface area (Å²) in [4.78, 5) is 12.9. The molecule has 1 aromatic rings. The first-order valence-electron chi connectivity index (χ1n) is 6.72. The van der Waals surface area contributed by atoms with Gasteiger partial charge in [-0.05, 0) is 42.0 Å². The van der Waals surface area contributed by atoms with Crippen LogP contribution in [-0.4, -0.2) is 24.2 Å². The van der Waals surface area contributed by atoms with Crippen LogP contribution < -0.4 is 4.90 Å². The van der Waals surface area contributed by atoms with E-state index in [9.17, 15) is 4.79 Å². The van der Waals surface area contributed by atoms with E-state index in [-0.39, 0.29) is 0 Å². The monoisotopic (exact) mass is 259 g/mol. The summed E-state index contributed by atoms with van der Waals surface area (Å²) in [5.74, 6) is -0.915. The summed E-state index contributed by atoms with van der Waals surface area (Å²) in [5.41, 5.74) is 2.60. The third-order valence-electron chi connectivity index (χ3n) is 3.79. The normalized spacial score (nSPS) is 18.7. The van der Waals surface area contributed by atoms with Crippen molar-refractivity contribution in [1.82, 2.24) is 0 Å². The van der Waals surface area contributed by atoms with Crippen molar-refractivity contribution < 1.29 is 9.90 Å². The van der Waals surface area contributed by atoms with Crippen LogP contribution in [0.25, 0.3) is 6.08 Å². The lowest BCUT2D eigenvalue weighted by molar-refractivity contribution is -0.131. The van der Waals surface area contributed by atoms with E-state index >= 15 is 0 Å². The topological polar surface area (TPSA) is 40.5 Å². The molecule has 1 aliphatic heterocycles. The van der Waals surface area contributed by atoms with Crippen LogP contribution >= 0.6 is 0 Å². The third-order valence-corrected chi connectivity index (χ3v) is 3.79. The molecule has 0 spiro atoms. The van der Waals surface area contributed by atoms with Gasteiger partial charge in [0.05, 0.1) is 0 Å². The van der Waals surface area contributed by atoms with E-state index in [4.69, 9.17) is 5.11 Å². The highest BCUT2D eigenvalue weighted by atomic mass is 16.4. The van der Waals surface area contributed by atoms with Crippen molar-refractivity contribution in [3.8, 4) is 0 Å². The van der Waals surface area contributed by atoms with Gasteiger partial charge in [0.15, 0.2) is 0 Å². The van der Waals surface area contributed by atoms with Crippen molar-refractivity contribution in [3.63, 3.8) is 0 Å². The van der Waals surface area contributed by atoms with Gasteiger partial charge in [-0.25, -0.2) is 4.79 Å². The smallest absolute Gasteiger partial charge is 0.328 e. The highest BCUT2D eigenvalue weighted by molar-refractivity contribution is 5.85. The Hall–Kier alpha value is -1.77. The van der Waals surface area contributed by atoms with Gasteiger partial charge in [-0.1, -0.05) is 26.0 Å². The summed E-state index contributed by atoms with van der Waals surface area (Å²) in [6, 6.07) is 8.07. The minimum absolute atomic E-state index is 0.459. The second-order valence-electron chi connectivity index (χ2n) is 5.91. The first kappa shape index (κ1) is 13.7. The van der Waals surface area contributed by atoms with Crippen LogP contribution in [0.3, 0.4) is 0 Å². The van der Waals surface area contributed by atoms with Gasteiger partial charge < -0.3 is 10.0 Å². The quantitative estimate of drug-likeness (QED) is 0.846. The largest absolute Gasteiger partial charge is 0.478 e. The van der Waals surface area contributed by atoms with Gasteiger partial charge in [0.25, 0.3) is 0 Å². The Morgan fingerprint density at radius 2 is 1.79 bits per heavy atom. The molecule has 0 unspecified atom stereocenters. The zero-order chi connectivity index (χ0) is 13.9. The predicted molar refractivity (Wildman–Crippen MR) is 78.3 cm³/mol. The summed E-state index contributed by atoms with van der Waals surface area (Å²) < 4.78 is 0. The molecule has 0 amide bonds. The molecule has 19 heavy (non-hydrogen) atoms. The molecule has 1 aromatic carbocycles. The van der Waals surface area contributed by atoms with Crippen LogP contribution in [0.1, 0.15) is 32.3 Å². The Labute approximate surface area is 114 Å².